The van der Waals surface area contributed by atoms with Crippen LogP contribution in [0.5, 0.6) is 0 Å². The van der Waals surface area contributed by atoms with Gasteiger partial charge in [-0.15, -0.1) is 0 Å². The van der Waals surface area contributed by atoms with E-state index in [-0.39, 0.29) is 0 Å². The van der Waals surface area contributed by atoms with Crippen LogP contribution in [0.2, 0.25) is 0 Å². The molecular weight excluding hydrogens is 1620 g/mol. The van der Waals surface area contributed by atoms with Crippen LogP contribution in [-0.4, -0.2) is 44.9 Å². The molecule has 0 fully saturated rings. The Morgan fingerprint density at radius 2 is 0.398 bits per heavy atom. The molecule has 128 heavy (non-hydrogen) atoms. The second kappa shape index (κ2) is 36.8. The monoisotopic (exact) mass is 1710 g/mol. The van der Waals surface area contributed by atoms with Crippen molar-refractivity contribution in [3.05, 3.63) is 396 Å². The SMILES string of the molecule is CC(C)c1ccc(-c2nc(-c3ccc(C(C)C)cc3)nc(-c3ccc(N4c5ccccc5Sc5ccccc54)cc3)n2)cc1.CCc1ccc(-c2nc(-c3ccc(CC)cc3)nc(-c3ccc(N4c5ccccc5Sc5ccccc54)cc3)n2)cc1.Cc1ccc(-c2nc(-c3ccc(N4c5ccccc5Sc5ccccc54)cc3)nc(-c3ccc(C)c(C)c3)n2)cc1C. The lowest BCUT2D eigenvalue weighted by molar-refractivity contribution is 0.866. The topological polar surface area (TPSA) is 126 Å². The molecule has 12 nitrogen and oxygen atoms in total. The van der Waals surface area contributed by atoms with E-state index in [2.05, 4.69) is 436 Å². The minimum absolute atomic E-state index is 0.462. The normalized spacial score (nSPS) is 12.2. The Morgan fingerprint density at radius 3 is 0.602 bits per heavy atom. The molecule has 0 N–H and O–H groups in total. The molecule has 3 aliphatic heterocycles. The number of benzene rings is 15. The number of para-hydroxylation sites is 6. The second-order valence-electron chi connectivity index (χ2n) is 32.9. The first-order valence-corrected chi connectivity index (χ1v) is 46.2. The molecule has 15 aromatic carbocycles. The standard InChI is InChI=1S/C39H34N4S.2C37H30N4S/c1-25(2)27-13-17-29(18-14-27)37-40-38(30-19-15-28(16-20-30)26(3)4)42-39(41-37)31-21-23-32(24-22-31)43-33-9-5-7-11-35(33)44-36-12-8-6-10-34(36)43;1-23-13-15-28(21-25(23)3)36-38-35(39-37(40-36)29-16-14-24(2)26(4)22-29)27-17-19-30(20-18-27)41-31-9-5-7-11-33(31)42-34-12-8-6-10-32(34)41;1-3-25-13-17-27(18-14-25)35-38-36(28-19-15-26(4-2)16-20-28)40-37(39-35)29-21-23-30(24-22-29)41-31-9-5-7-11-33(31)42-34-12-8-6-10-32(34)41/h5-26H,1-4H3;5-22H,1-4H3;5-24H,3-4H2,1-2H3. The van der Waals surface area contributed by atoms with Crippen LogP contribution in [0.4, 0.5) is 51.2 Å². The number of fused-ring (bicyclic) bond motifs is 6. The lowest BCUT2D eigenvalue weighted by Gasteiger charge is -2.32. The summed E-state index contributed by atoms with van der Waals surface area (Å²) in [6, 6.07) is 124. The summed E-state index contributed by atoms with van der Waals surface area (Å²) >= 11 is 5.45. The highest BCUT2D eigenvalue weighted by Gasteiger charge is 2.29. The van der Waals surface area contributed by atoms with E-state index in [0.29, 0.717) is 64.3 Å². The molecule has 0 unspecified atom stereocenters. The van der Waals surface area contributed by atoms with E-state index in [1.807, 2.05) is 35.3 Å². The van der Waals surface area contributed by atoms with Gasteiger partial charge in [-0.1, -0.05) is 271 Å². The van der Waals surface area contributed by atoms with Crippen LogP contribution in [0.15, 0.2) is 381 Å². The van der Waals surface area contributed by atoms with E-state index in [4.69, 9.17) is 44.9 Å². The van der Waals surface area contributed by atoms with E-state index in [9.17, 15) is 0 Å². The Labute approximate surface area is 762 Å². The second-order valence-corrected chi connectivity index (χ2v) is 36.2. The molecule has 0 amide bonds. The average Bonchev–Trinajstić information content (AvgIpc) is 0.760. The molecule has 15 heteroatoms. The molecule has 0 saturated carbocycles. The summed E-state index contributed by atoms with van der Waals surface area (Å²) in [6.45, 7) is 21.7. The predicted molar refractivity (Wildman–Crippen MR) is 531 cm³/mol. The van der Waals surface area contributed by atoms with Gasteiger partial charge in [-0.25, -0.2) is 44.9 Å². The van der Waals surface area contributed by atoms with Crippen LogP contribution < -0.4 is 14.7 Å². The van der Waals surface area contributed by atoms with Crippen molar-refractivity contribution in [2.45, 2.75) is 123 Å². The summed E-state index contributed by atoms with van der Waals surface area (Å²) in [5, 5.41) is 0. The molecule has 624 valence electrons. The van der Waals surface area contributed by atoms with Crippen LogP contribution in [-0.2, 0) is 12.8 Å². The number of hydrogen-bond acceptors (Lipinski definition) is 15. The van der Waals surface area contributed by atoms with Gasteiger partial charge in [0.15, 0.2) is 52.4 Å². The highest BCUT2D eigenvalue weighted by Crippen LogP contribution is 2.55. The maximum absolute atomic E-state index is 4.99. The van der Waals surface area contributed by atoms with Crippen molar-refractivity contribution in [2.24, 2.45) is 0 Å². The van der Waals surface area contributed by atoms with Gasteiger partial charge in [0, 0.05) is 96.5 Å². The Morgan fingerprint density at radius 1 is 0.211 bits per heavy atom. The molecule has 0 saturated heterocycles. The number of aromatic nitrogens is 9. The number of rotatable bonds is 16. The fraction of sp³-hybridized carbons (Fsp3) is 0.124. The minimum atomic E-state index is 0.462. The van der Waals surface area contributed by atoms with Gasteiger partial charge in [-0.2, -0.15) is 0 Å². The van der Waals surface area contributed by atoms with E-state index >= 15 is 0 Å². The van der Waals surface area contributed by atoms with Gasteiger partial charge in [0.25, 0.3) is 0 Å². The third-order valence-corrected chi connectivity index (χ3v) is 27.2. The van der Waals surface area contributed by atoms with Crippen LogP contribution >= 0.6 is 35.3 Å². The molecule has 21 rings (SSSR count). The van der Waals surface area contributed by atoms with Crippen molar-refractivity contribution in [1.82, 2.24) is 44.9 Å². The first-order valence-electron chi connectivity index (χ1n) is 43.7. The van der Waals surface area contributed by atoms with E-state index in [0.717, 1.165) is 80.0 Å². The smallest absolute Gasteiger partial charge is 0.164 e. The Balaban J connectivity index is 0.000000125. The van der Waals surface area contributed by atoms with Crippen molar-refractivity contribution < 1.29 is 0 Å². The van der Waals surface area contributed by atoms with Crippen molar-refractivity contribution in [3.63, 3.8) is 0 Å². The van der Waals surface area contributed by atoms with Gasteiger partial charge in [0.1, 0.15) is 0 Å². The minimum Gasteiger partial charge on any atom is -0.308 e. The Kier molecular flexibility index (Phi) is 23.9. The lowest BCUT2D eigenvalue weighted by Crippen LogP contribution is -2.14. The van der Waals surface area contributed by atoms with Gasteiger partial charge in [0.2, 0.25) is 0 Å². The summed E-state index contributed by atoms with van der Waals surface area (Å²) in [4.78, 5) is 59.2. The molecule has 3 aromatic heterocycles. The maximum atomic E-state index is 4.99. The Hall–Kier alpha value is -14.2. The largest absolute Gasteiger partial charge is 0.308 e. The summed E-state index contributed by atoms with van der Waals surface area (Å²) < 4.78 is 0. The zero-order valence-electron chi connectivity index (χ0n) is 73.1. The van der Waals surface area contributed by atoms with Gasteiger partial charge >= 0.3 is 0 Å². The molecular formula is C113H94N12S3. The highest BCUT2D eigenvalue weighted by molar-refractivity contribution is 8.00. The molecule has 0 atom stereocenters. The third kappa shape index (κ3) is 17.5. The van der Waals surface area contributed by atoms with Crippen molar-refractivity contribution in [1.29, 1.82) is 0 Å². The fourth-order valence-corrected chi connectivity index (χ4v) is 19.3. The molecule has 0 bridgehead atoms. The van der Waals surface area contributed by atoms with Gasteiger partial charge < -0.3 is 14.7 Å². The predicted octanol–water partition coefficient (Wildman–Crippen LogP) is 31.0. The molecule has 0 radical (unpaired) electrons. The Bertz CT molecular complexity index is 6760. The van der Waals surface area contributed by atoms with Gasteiger partial charge in [0.05, 0.1) is 34.1 Å². The van der Waals surface area contributed by atoms with Crippen molar-refractivity contribution >= 4 is 86.5 Å². The van der Waals surface area contributed by atoms with Crippen LogP contribution in [0.3, 0.4) is 0 Å². The third-order valence-electron chi connectivity index (χ3n) is 23.8. The van der Waals surface area contributed by atoms with E-state index in [1.54, 1.807) is 0 Å². The van der Waals surface area contributed by atoms with Crippen molar-refractivity contribution in [2.75, 3.05) is 14.7 Å². The quantitative estimate of drug-likeness (QED) is 0.0910. The maximum Gasteiger partial charge on any atom is 0.164 e. The summed E-state index contributed by atoms with van der Waals surface area (Å²) in [7, 11) is 0. The molecule has 6 heterocycles. The molecule has 18 aromatic rings. The number of anilines is 9. The number of hydrogen-bond donors (Lipinski definition) is 0. The van der Waals surface area contributed by atoms with Crippen LogP contribution in [0, 0.1) is 27.7 Å². The van der Waals surface area contributed by atoms with Gasteiger partial charge in [-0.3, -0.25) is 0 Å². The zero-order chi connectivity index (χ0) is 87.5. The number of nitrogens with zero attached hydrogens (tertiary/aromatic N) is 12. The van der Waals surface area contributed by atoms with Crippen molar-refractivity contribution in [3.8, 4) is 102 Å². The zero-order valence-corrected chi connectivity index (χ0v) is 75.6. The lowest BCUT2D eigenvalue weighted by atomic mass is 10.0. The van der Waals surface area contributed by atoms with Crippen LogP contribution in [0.25, 0.3) is 102 Å². The summed E-state index contributed by atoms with van der Waals surface area (Å²) in [5.41, 5.74) is 29.2. The molecule has 0 spiro atoms. The summed E-state index contributed by atoms with van der Waals surface area (Å²) in [6.07, 6.45) is 1.99. The fourth-order valence-electron chi connectivity index (χ4n) is 16.1. The van der Waals surface area contributed by atoms with E-state index < -0.39 is 0 Å². The van der Waals surface area contributed by atoms with Crippen LogP contribution in [0.1, 0.15) is 97.9 Å². The van der Waals surface area contributed by atoms with Gasteiger partial charge in [-0.05, 0) is 255 Å². The first kappa shape index (κ1) is 83.3. The summed E-state index contributed by atoms with van der Waals surface area (Å²) in [5.74, 6) is 6.97. The average molecular weight is 1720 g/mol. The molecule has 0 aliphatic carbocycles. The molecule has 3 aliphatic rings. The number of aryl methyl sites for hydroxylation is 6. The first-order chi connectivity index (χ1) is 62.6. The van der Waals surface area contributed by atoms with E-state index in [1.165, 1.54) is 108 Å². The highest BCUT2D eigenvalue weighted by atomic mass is 32.2.